The number of carbonyl (C=O) groups excluding carboxylic acids is 2. The number of benzene rings is 1. The van der Waals surface area contributed by atoms with Crippen LogP contribution in [0, 0.1) is 17.6 Å². The largest absolute Gasteiger partial charge is 0.310 e. The van der Waals surface area contributed by atoms with E-state index in [2.05, 4.69) is 20.3 Å². The summed E-state index contributed by atoms with van der Waals surface area (Å²) in [5, 5.41) is 2.90. The lowest BCUT2D eigenvalue weighted by Gasteiger charge is -2.33. The van der Waals surface area contributed by atoms with Crippen LogP contribution in [0.1, 0.15) is 48.7 Å². The topological polar surface area (TPSA) is 87.6 Å². The Hall–Kier alpha value is -4.27. The molecule has 6 rings (SSSR count). The maximum atomic E-state index is 14.1. The molecule has 0 saturated carbocycles. The fourth-order valence-corrected chi connectivity index (χ4v) is 5.88. The summed E-state index contributed by atoms with van der Waals surface area (Å²) in [6.45, 7) is 5.60. The van der Waals surface area contributed by atoms with Crippen molar-refractivity contribution in [1.29, 1.82) is 0 Å². The van der Waals surface area contributed by atoms with E-state index in [-0.39, 0.29) is 29.8 Å². The first-order chi connectivity index (χ1) is 18.6. The summed E-state index contributed by atoms with van der Waals surface area (Å²) in [7, 11) is 0. The highest BCUT2D eigenvalue weighted by atomic mass is 19.1. The zero-order chi connectivity index (χ0) is 27.5. The number of rotatable bonds is 5. The van der Waals surface area contributed by atoms with E-state index in [1.165, 1.54) is 17.0 Å². The van der Waals surface area contributed by atoms with Crippen molar-refractivity contribution >= 4 is 29.4 Å². The number of hydrogen-bond acceptors (Lipinski definition) is 5. The van der Waals surface area contributed by atoms with E-state index in [4.69, 9.17) is 0 Å². The standard InChI is InChI=1S/C30H27F2N5O2/c1-17(2)25-27(38)37(29(3,36-25)20-11-21(31)13-22(32)12-20)9-5-6-18-10-19-14-30(15-24(19)34-16-18)23-7-4-8-33-26(23)35-28(30)39/h4-8,10-13,16-17H,9,14-15H2,1-3H3,(H,33,35,39)/t29-,30?/m0/s1. The van der Waals surface area contributed by atoms with Crippen LogP contribution in [-0.4, -0.2) is 38.9 Å². The van der Waals surface area contributed by atoms with Crippen molar-refractivity contribution in [1.82, 2.24) is 14.9 Å². The van der Waals surface area contributed by atoms with Gasteiger partial charge in [0.1, 0.15) is 23.2 Å². The number of pyridine rings is 2. The third-order valence-corrected chi connectivity index (χ3v) is 7.91. The van der Waals surface area contributed by atoms with Gasteiger partial charge in [0.25, 0.3) is 5.91 Å². The minimum absolute atomic E-state index is 0.0622. The van der Waals surface area contributed by atoms with E-state index in [1.54, 1.807) is 19.3 Å². The Kier molecular flexibility index (Phi) is 5.71. The summed E-state index contributed by atoms with van der Waals surface area (Å²) >= 11 is 0. The highest BCUT2D eigenvalue weighted by molar-refractivity contribution is 6.41. The zero-order valence-corrected chi connectivity index (χ0v) is 21.8. The number of aromatic nitrogens is 2. The molecule has 1 N–H and O–H groups in total. The molecule has 4 heterocycles. The van der Waals surface area contributed by atoms with E-state index in [0.717, 1.165) is 28.5 Å². The van der Waals surface area contributed by atoms with Gasteiger partial charge in [-0.1, -0.05) is 32.1 Å². The second kappa shape index (κ2) is 8.90. The van der Waals surface area contributed by atoms with Crippen molar-refractivity contribution in [2.45, 2.75) is 44.7 Å². The van der Waals surface area contributed by atoms with Crippen molar-refractivity contribution in [3.05, 3.63) is 94.5 Å². The molecule has 3 aromatic rings. The summed E-state index contributed by atoms with van der Waals surface area (Å²) < 4.78 is 28.2. The quantitative estimate of drug-likeness (QED) is 0.527. The minimum atomic E-state index is -1.25. The lowest BCUT2D eigenvalue weighted by molar-refractivity contribution is -0.127. The third kappa shape index (κ3) is 3.95. The predicted octanol–water partition coefficient (Wildman–Crippen LogP) is 4.57. The normalized spacial score (nSPS) is 23.6. The molecule has 0 radical (unpaired) electrons. The summed E-state index contributed by atoms with van der Waals surface area (Å²) in [4.78, 5) is 41.4. The fraction of sp³-hybridized carbons (Fsp3) is 0.300. The molecular formula is C30H27F2N5O2. The first-order valence-electron chi connectivity index (χ1n) is 12.9. The number of aliphatic imine (C=N–C) groups is 1. The van der Waals surface area contributed by atoms with Crippen LogP contribution in [0.25, 0.3) is 6.08 Å². The number of halogens is 2. The molecule has 198 valence electrons. The first-order valence-corrected chi connectivity index (χ1v) is 12.9. The van der Waals surface area contributed by atoms with Gasteiger partial charge in [0, 0.05) is 54.2 Å². The summed E-state index contributed by atoms with van der Waals surface area (Å²) in [5.74, 6) is -1.32. The van der Waals surface area contributed by atoms with Crippen LogP contribution in [0.3, 0.4) is 0 Å². The van der Waals surface area contributed by atoms with Gasteiger partial charge in [-0.05, 0) is 48.7 Å². The average Bonchev–Trinajstić information content (AvgIpc) is 3.49. The minimum Gasteiger partial charge on any atom is -0.310 e. The van der Waals surface area contributed by atoms with Crippen molar-refractivity contribution in [2.75, 3.05) is 11.9 Å². The van der Waals surface area contributed by atoms with Crippen molar-refractivity contribution in [3.8, 4) is 0 Å². The van der Waals surface area contributed by atoms with Gasteiger partial charge in [-0.25, -0.2) is 13.8 Å². The highest BCUT2D eigenvalue weighted by Gasteiger charge is 2.51. The molecular weight excluding hydrogens is 500 g/mol. The second-order valence-electron chi connectivity index (χ2n) is 10.8. The number of carbonyl (C=O) groups is 2. The van der Waals surface area contributed by atoms with Gasteiger partial charge >= 0.3 is 0 Å². The molecule has 9 heteroatoms. The van der Waals surface area contributed by atoms with Gasteiger partial charge in [-0.3, -0.25) is 19.6 Å². The molecule has 1 aliphatic carbocycles. The van der Waals surface area contributed by atoms with Crippen LogP contribution in [0.5, 0.6) is 0 Å². The van der Waals surface area contributed by atoms with Crippen LogP contribution in [-0.2, 0) is 33.5 Å². The number of fused-ring (bicyclic) bond motifs is 3. The van der Waals surface area contributed by atoms with E-state index < -0.39 is 22.7 Å². The van der Waals surface area contributed by atoms with E-state index in [9.17, 15) is 18.4 Å². The van der Waals surface area contributed by atoms with E-state index in [1.807, 2.05) is 44.2 Å². The van der Waals surface area contributed by atoms with Crippen molar-refractivity contribution in [2.24, 2.45) is 10.9 Å². The van der Waals surface area contributed by atoms with Gasteiger partial charge in [0.2, 0.25) is 5.91 Å². The number of anilines is 1. The molecule has 1 spiro atoms. The van der Waals surface area contributed by atoms with Crippen LogP contribution in [0.15, 0.2) is 59.9 Å². The van der Waals surface area contributed by atoms with Gasteiger partial charge in [-0.2, -0.15) is 0 Å². The molecule has 0 saturated heterocycles. The Balaban J connectivity index is 1.25. The molecule has 2 aromatic heterocycles. The second-order valence-corrected chi connectivity index (χ2v) is 10.8. The Bertz CT molecular complexity index is 1580. The maximum absolute atomic E-state index is 14.1. The predicted molar refractivity (Wildman–Crippen MR) is 143 cm³/mol. The monoisotopic (exact) mass is 527 g/mol. The number of amides is 2. The van der Waals surface area contributed by atoms with Crippen molar-refractivity contribution in [3.63, 3.8) is 0 Å². The van der Waals surface area contributed by atoms with Crippen LogP contribution >= 0.6 is 0 Å². The molecule has 1 aromatic carbocycles. The highest BCUT2D eigenvalue weighted by Crippen LogP contribution is 2.46. The number of hydrogen-bond donors (Lipinski definition) is 1. The molecule has 39 heavy (non-hydrogen) atoms. The Morgan fingerprint density at radius 2 is 1.87 bits per heavy atom. The summed E-state index contributed by atoms with van der Waals surface area (Å²) in [6.07, 6.45) is 8.12. The van der Waals surface area contributed by atoms with Gasteiger partial charge in [0.05, 0.1) is 5.41 Å². The smallest absolute Gasteiger partial charge is 0.270 e. The third-order valence-electron chi connectivity index (χ3n) is 7.91. The molecule has 3 aliphatic rings. The van der Waals surface area contributed by atoms with Crippen LogP contribution < -0.4 is 5.32 Å². The number of nitrogens with zero attached hydrogens (tertiary/aromatic N) is 4. The molecule has 1 unspecified atom stereocenters. The van der Waals surface area contributed by atoms with E-state index >= 15 is 0 Å². The summed E-state index contributed by atoms with van der Waals surface area (Å²) in [5.41, 5.74) is 2.28. The molecule has 2 aliphatic heterocycles. The zero-order valence-electron chi connectivity index (χ0n) is 21.8. The molecule has 2 amide bonds. The van der Waals surface area contributed by atoms with Gasteiger partial charge in [0.15, 0.2) is 5.66 Å². The van der Waals surface area contributed by atoms with E-state index in [0.29, 0.717) is 24.4 Å². The Labute approximate surface area is 224 Å². The van der Waals surface area contributed by atoms with Crippen LogP contribution in [0.2, 0.25) is 0 Å². The molecule has 2 atom stereocenters. The maximum Gasteiger partial charge on any atom is 0.270 e. The summed E-state index contributed by atoms with van der Waals surface area (Å²) in [6, 6.07) is 9.02. The molecule has 0 bridgehead atoms. The van der Waals surface area contributed by atoms with Crippen LogP contribution in [0.4, 0.5) is 14.6 Å². The first kappa shape index (κ1) is 25.0. The molecule has 0 fully saturated rings. The number of nitrogens with one attached hydrogen (secondary N) is 1. The Morgan fingerprint density at radius 3 is 2.62 bits per heavy atom. The van der Waals surface area contributed by atoms with Crippen molar-refractivity contribution < 1.29 is 18.4 Å². The van der Waals surface area contributed by atoms with Gasteiger partial charge in [-0.15, -0.1) is 0 Å². The van der Waals surface area contributed by atoms with Gasteiger partial charge < -0.3 is 10.2 Å². The average molecular weight is 528 g/mol. The SMILES string of the molecule is CC(C)C1=N[C@](C)(c2cc(F)cc(F)c2)N(CC=Cc2cnc3c(c2)CC2(C3)C(=O)Nc3ncccc32)C1=O. The lowest BCUT2D eigenvalue weighted by atomic mass is 9.80. The lowest BCUT2D eigenvalue weighted by Crippen LogP contribution is -2.43. The fourth-order valence-electron chi connectivity index (χ4n) is 5.88. The molecule has 7 nitrogen and oxygen atoms in total. The Morgan fingerprint density at radius 1 is 1.10 bits per heavy atom.